The Morgan fingerprint density at radius 1 is 1.40 bits per heavy atom. The van der Waals surface area contributed by atoms with Crippen LogP contribution >= 0.6 is 0 Å². The SMILES string of the molecule is COC1(CNC(=O)[C@@H](N)CCc2ccccc2)CCC1. The lowest BCUT2D eigenvalue weighted by Crippen LogP contribution is -2.52. The highest BCUT2D eigenvalue weighted by molar-refractivity contribution is 5.81. The molecule has 1 aromatic carbocycles. The van der Waals surface area contributed by atoms with Crippen molar-refractivity contribution in [2.24, 2.45) is 5.73 Å². The molecular weight excluding hydrogens is 252 g/mol. The van der Waals surface area contributed by atoms with Crippen molar-refractivity contribution in [1.82, 2.24) is 5.32 Å². The molecule has 0 spiro atoms. The minimum Gasteiger partial charge on any atom is -0.376 e. The van der Waals surface area contributed by atoms with Gasteiger partial charge in [-0.1, -0.05) is 30.3 Å². The summed E-state index contributed by atoms with van der Waals surface area (Å²) in [7, 11) is 1.71. The van der Waals surface area contributed by atoms with E-state index in [1.165, 1.54) is 12.0 Å². The Hall–Kier alpha value is -1.39. The van der Waals surface area contributed by atoms with Gasteiger partial charge in [0.25, 0.3) is 0 Å². The van der Waals surface area contributed by atoms with Crippen molar-refractivity contribution in [3.63, 3.8) is 0 Å². The molecule has 0 radical (unpaired) electrons. The third-order valence-corrected chi connectivity index (χ3v) is 4.21. The fourth-order valence-electron chi connectivity index (χ4n) is 2.50. The van der Waals surface area contributed by atoms with Gasteiger partial charge < -0.3 is 15.8 Å². The largest absolute Gasteiger partial charge is 0.376 e. The Labute approximate surface area is 120 Å². The van der Waals surface area contributed by atoms with Gasteiger partial charge >= 0.3 is 0 Å². The summed E-state index contributed by atoms with van der Waals surface area (Å²) in [6.07, 6.45) is 4.69. The molecule has 0 saturated heterocycles. The second-order valence-electron chi connectivity index (χ2n) is 5.59. The molecular formula is C16H24N2O2. The zero-order chi connectivity index (χ0) is 14.4. The third-order valence-electron chi connectivity index (χ3n) is 4.21. The van der Waals surface area contributed by atoms with Gasteiger partial charge in [-0.25, -0.2) is 0 Å². The number of carbonyl (C=O) groups is 1. The Morgan fingerprint density at radius 2 is 2.10 bits per heavy atom. The first-order valence-electron chi connectivity index (χ1n) is 7.28. The van der Waals surface area contributed by atoms with Crippen LogP contribution in [0.15, 0.2) is 30.3 Å². The van der Waals surface area contributed by atoms with Crippen LogP contribution in [-0.4, -0.2) is 31.2 Å². The second kappa shape index (κ2) is 6.86. The smallest absolute Gasteiger partial charge is 0.237 e. The normalized spacial score (nSPS) is 18.1. The van der Waals surface area contributed by atoms with E-state index in [-0.39, 0.29) is 11.5 Å². The first-order chi connectivity index (χ1) is 9.65. The Balaban J connectivity index is 1.72. The summed E-state index contributed by atoms with van der Waals surface area (Å²) in [5.74, 6) is -0.0794. The van der Waals surface area contributed by atoms with Crippen molar-refractivity contribution in [3.05, 3.63) is 35.9 Å². The van der Waals surface area contributed by atoms with Gasteiger partial charge in [0.05, 0.1) is 11.6 Å². The summed E-state index contributed by atoms with van der Waals surface area (Å²) < 4.78 is 5.48. The van der Waals surface area contributed by atoms with Crippen LogP contribution < -0.4 is 11.1 Å². The minimum atomic E-state index is -0.454. The van der Waals surface area contributed by atoms with Crippen LogP contribution in [0.4, 0.5) is 0 Å². The number of aryl methyl sites for hydroxylation is 1. The number of carbonyl (C=O) groups excluding carboxylic acids is 1. The molecule has 1 aliphatic rings. The van der Waals surface area contributed by atoms with Crippen LogP contribution in [0.3, 0.4) is 0 Å². The van der Waals surface area contributed by atoms with E-state index in [0.717, 1.165) is 19.3 Å². The maximum atomic E-state index is 12.0. The molecule has 1 saturated carbocycles. The predicted molar refractivity (Wildman–Crippen MR) is 79.3 cm³/mol. The molecule has 1 fully saturated rings. The van der Waals surface area contributed by atoms with Gasteiger partial charge in [0.1, 0.15) is 0 Å². The zero-order valence-electron chi connectivity index (χ0n) is 12.1. The zero-order valence-corrected chi connectivity index (χ0v) is 12.1. The molecule has 2 rings (SSSR count). The average molecular weight is 276 g/mol. The summed E-state index contributed by atoms with van der Waals surface area (Å²) in [6, 6.07) is 9.64. The molecule has 1 aliphatic carbocycles. The fraction of sp³-hybridized carbons (Fsp3) is 0.562. The van der Waals surface area contributed by atoms with Crippen molar-refractivity contribution in [1.29, 1.82) is 0 Å². The number of hydrogen-bond acceptors (Lipinski definition) is 3. The number of hydrogen-bond donors (Lipinski definition) is 2. The van der Waals surface area contributed by atoms with E-state index in [0.29, 0.717) is 13.0 Å². The van der Waals surface area contributed by atoms with Gasteiger partial charge in [0, 0.05) is 13.7 Å². The summed E-state index contributed by atoms with van der Waals surface area (Å²) in [5.41, 5.74) is 7.01. The predicted octanol–water partition coefficient (Wildman–Crippen LogP) is 1.63. The van der Waals surface area contributed by atoms with Crippen LogP contribution in [0.25, 0.3) is 0 Å². The van der Waals surface area contributed by atoms with Gasteiger partial charge in [-0.3, -0.25) is 4.79 Å². The Kier molecular flexibility index (Phi) is 5.15. The molecule has 110 valence electrons. The number of methoxy groups -OCH3 is 1. The Bertz CT molecular complexity index is 424. The van der Waals surface area contributed by atoms with Crippen molar-refractivity contribution in [2.45, 2.75) is 43.7 Å². The molecule has 4 heteroatoms. The van der Waals surface area contributed by atoms with E-state index < -0.39 is 6.04 Å². The highest BCUT2D eigenvalue weighted by Crippen LogP contribution is 2.34. The number of rotatable bonds is 7. The van der Waals surface area contributed by atoms with Crippen LogP contribution in [0.2, 0.25) is 0 Å². The summed E-state index contributed by atoms with van der Waals surface area (Å²) in [4.78, 5) is 12.0. The maximum absolute atomic E-state index is 12.0. The first kappa shape index (κ1) is 15.0. The summed E-state index contributed by atoms with van der Waals surface area (Å²) in [6.45, 7) is 0.571. The van der Waals surface area contributed by atoms with Crippen molar-refractivity contribution >= 4 is 5.91 Å². The van der Waals surface area contributed by atoms with Gasteiger partial charge in [-0.05, 0) is 37.7 Å². The van der Waals surface area contributed by atoms with Crippen LogP contribution in [-0.2, 0) is 16.0 Å². The van der Waals surface area contributed by atoms with E-state index in [4.69, 9.17) is 10.5 Å². The highest BCUT2D eigenvalue weighted by Gasteiger charge is 2.37. The molecule has 1 aromatic rings. The third kappa shape index (κ3) is 3.81. The molecule has 0 aromatic heterocycles. The topological polar surface area (TPSA) is 64.3 Å². The van der Waals surface area contributed by atoms with Gasteiger partial charge in [-0.15, -0.1) is 0 Å². The van der Waals surface area contributed by atoms with E-state index in [1.807, 2.05) is 18.2 Å². The lowest BCUT2D eigenvalue weighted by atomic mass is 9.80. The van der Waals surface area contributed by atoms with Gasteiger partial charge in [-0.2, -0.15) is 0 Å². The Morgan fingerprint density at radius 3 is 2.65 bits per heavy atom. The van der Waals surface area contributed by atoms with Gasteiger partial charge in [0.15, 0.2) is 0 Å². The molecule has 3 N–H and O–H groups in total. The fourth-order valence-corrected chi connectivity index (χ4v) is 2.50. The molecule has 4 nitrogen and oxygen atoms in total. The number of benzene rings is 1. The van der Waals surface area contributed by atoms with Crippen LogP contribution in [0.1, 0.15) is 31.2 Å². The van der Waals surface area contributed by atoms with Crippen LogP contribution in [0.5, 0.6) is 0 Å². The van der Waals surface area contributed by atoms with Crippen molar-refractivity contribution in [2.75, 3.05) is 13.7 Å². The van der Waals surface area contributed by atoms with E-state index in [2.05, 4.69) is 17.4 Å². The van der Waals surface area contributed by atoms with Crippen LogP contribution in [0, 0.1) is 0 Å². The maximum Gasteiger partial charge on any atom is 0.237 e. The lowest BCUT2D eigenvalue weighted by molar-refractivity contribution is -0.126. The molecule has 1 amide bonds. The van der Waals surface area contributed by atoms with Crippen molar-refractivity contribution < 1.29 is 9.53 Å². The van der Waals surface area contributed by atoms with E-state index in [1.54, 1.807) is 7.11 Å². The molecule has 20 heavy (non-hydrogen) atoms. The summed E-state index contributed by atoms with van der Waals surface area (Å²) in [5, 5.41) is 2.92. The summed E-state index contributed by atoms with van der Waals surface area (Å²) >= 11 is 0. The molecule has 1 atom stereocenters. The number of nitrogens with two attached hydrogens (primary N) is 1. The number of ether oxygens (including phenoxy) is 1. The van der Waals surface area contributed by atoms with E-state index >= 15 is 0 Å². The van der Waals surface area contributed by atoms with Gasteiger partial charge in [0.2, 0.25) is 5.91 Å². The molecule has 0 aliphatic heterocycles. The molecule has 0 heterocycles. The van der Waals surface area contributed by atoms with Crippen molar-refractivity contribution in [3.8, 4) is 0 Å². The minimum absolute atomic E-state index is 0.0794. The average Bonchev–Trinajstić information content (AvgIpc) is 2.45. The standard InChI is InChI=1S/C16H24N2O2/c1-20-16(10-5-11-16)12-18-15(19)14(17)9-8-13-6-3-2-4-7-13/h2-4,6-7,14H,5,8-12,17H2,1H3,(H,18,19)/t14-/m0/s1. The number of nitrogens with one attached hydrogen (secondary N) is 1. The monoisotopic (exact) mass is 276 g/mol. The number of amides is 1. The molecule has 0 unspecified atom stereocenters. The molecule has 0 bridgehead atoms. The highest BCUT2D eigenvalue weighted by atomic mass is 16.5. The quantitative estimate of drug-likeness (QED) is 0.795. The lowest BCUT2D eigenvalue weighted by Gasteiger charge is -2.40. The first-order valence-corrected chi connectivity index (χ1v) is 7.28. The second-order valence-corrected chi connectivity index (χ2v) is 5.59. The van der Waals surface area contributed by atoms with E-state index in [9.17, 15) is 4.79 Å².